The first-order valence-electron chi connectivity index (χ1n) is 5.75. The number of aromatic hydroxyl groups is 1. The van der Waals surface area contributed by atoms with Crippen LogP contribution in [0.4, 0.5) is 0 Å². The van der Waals surface area contributed by atoms with Gasteiger partial charge >= 0.3 is 5.97 Å². The first-order valence-corrected chi connectivity index (χ1v) is 5.75. The smallest absolute Gasteiger partial charge is 0.333 e. The van der Waals surface area contributed by atoms with Gasteiger partial charge in [-0.3, -0.25) is 0 Å². The minimum Gasteiger partial charge on any atom is -0.508 e. The summed E-state index contributed by atoms with van der Waals surface area (Å²) in [5.74, 6) is -0.0166. The molecular formula is C14H18O3. The zero-order valence-corrected chi connectivity index (χ0v) is 10.5. The molecule has 0 unspecified atom stereocenters. The van der Waals surface area contributed by atoms with Crippen molar-refractivity contribution in [2.75, 3.05) is 6.61 Å². The van der Waals surface area contributed by atoms with E-state index in [0.29, 0.717) is 18.6 Å². The molecule has 0 amide bonds. The van der Waals surface area contributed by atoms with Crippen LogP contribution < -0.4 is 0 Å². The summed E-state index contributed by atoms with van der Waals surface area (Å²) in [7, 11) is 0. The van der Waals surface area contributed by atoms with Gasteiger partial charge in [-0.05, 0) is 49.6 Å². The zero-order chi connectivity index (χ0) is 12.8. The summed E-state index contributed by atoms with van der Waals surface area (Å²) < 4.78 is 4.96. The van der Waals surface area contributed by atoms with Crippen LogP contribution in [0.1, 0.15) is 31.4 Å². The normalized spacial score (nSPS) is 11.4. The number of phenolic OH excluding ortho intramolecular Hbond substituents is 1. The van der Waals surface area contributed by atoms with Crippen LogP contribution in [0.5, 0.6) is 5.75 Å². The van der Waals surface area contributed by atoms with Crippen LogP contribution in [-0.2, 0) is 9.53 Å². The van der Waals surface area contributed by atoms with Gasteiger partial charge in [0.15, 0.2) is 0 Å². The van der Waals surface area contributed by atoms with Crippen LogP contribution >= 0.6 is 0 Å². The van der Waals surface area contributed by atoms with Crippen molar-refractivity contribution in [3.05, 3.63) is 34.9 Å². The summed E-state index contributed by atoms with van der Waals surface area (Å²) in [4.78, 5) is 11.6. The summed E-state index contributed by atoms with van der Waals surface area (Å²) in [6, 6.07) is 5.24. The van der Waals surface area contributed by atoms with Gasteiger partial charge in [0.25, 0.3) is 0 Å². The second-order valence-corrected chi connectivity index (χ2v) is 3.79. The molecule has 1 rings (SSSR count). The first-order chi connectivity index (χ1) is 8.08. The average molecular weight is 234 g/mol. The van der Waals surface area contributed by atoms with Crippen molar-refractivity contribution >= 4 is 12.0 Å². The van der Waals surface area contributed by atoms with E-state index in [0.717, 1.165) is 11.1 Å². The van der Waals surface area contributed by atoms with Crippen molar-refractivity contribution in [2.24, 2.45) is 0 Å². The molecule has 1 N–H and O–H groups in total. The molecule has 0 saturated heterocycles. The summed E-state index contributed by atoms with van der Waals surface area (Å²) in [5, 5.41) is 9.42. The molecule has 1 aromatic carbocycles. The first kappa shape index (κ1) is 13.3. The fraction of sp³-hybridized carbons (Fsp3) is 0.357. The second kappa shape index (κ2) is 6.09. The topological polar surface area (TPSA) is 46.5 Å². The fourth-order valence-corrected chi connectivity index (χ4v) is 1.50. The van der Waals surface area contributed by atoms with Crippen molar-refractivity contribution in [2.45, 2.75) is 27.2 Å². The Hall–Kier alpha value is -1.77. The second-order valence-electron chi connectivity index (χ2n) is 3.79. The lowest BCUT2D eigenvalue weighted by molar-refractivity contribution is -0.138. The number of ether oxygens (including phenoxy) is 1. The SMILES string of the molecule is CCOC(=O)/C(=C/c1ccc(O)c(C)c1)CC. The summed E-state index contributed by atoms with van der Waals surface area (Å²) in [6.07, 6.45) is 2.42. The third-order valence-electron chi connectivity index (χ3n) is 2.48. The molecule has 0 atom stereocenters. The van der Waals surface area contributed by atoms with Crippen LogP contribution in [0.3, 0.4) is 0 Å². The Kier molecular flexibility index (Phi) is 4.76. The molecule has 0 aliphatic heterocycles. The maximum Gasteiger partial charge on any atom is 0.333 e. The zero-order valence-electron chi connectivity index (χ0n) is 10.5. The Morgan fingerprint density at radius 1 is 1.41 bits per heavy atom. The van der Waals surface area contributed by atoms with Crippen LogP contribution in [0.15, 0.2) is 23.8 Å². The Morgan fingerprint density at radius 3 is 2.65 bits per heavy atom. The van der Waals surface area contributed by atoms with Crippen LogP contribution in [0, 0.1) is 6.92 Å². The Labute approximate surface area is 102 Å². The van der Waals surface area contributed by atoms with Crippen LogP contribution in [-0.4, -0.2) is 17.7 Å². The Morgan fingerprint density at radius 2 is 2.12 bits per heavy atom. The minimum absolute atomic E-state index is 0.260. The molecule has 3 nitrogen and oxygen atoms in total. The number of aryl methyl sites for hydroxylation is 1. The van der Waals surface area contributed by atoms with Gasteiger partial charge in [0, 0.05) is 5.57 Å². The molecule has 0 fully saturated rings. The number of phenols is 1. The Bertz CT molecular complexity index is 433. The number of carbonyl (C=O) groups is 1. The molecule has 0 aromatic heterocycles. The van der Waals surface area contributed by atoms with E-state index in [1.807, 2.05) is 19.9 Å². The highest BCUT2D eigenvalue weighted by molar-refractivity contribution is 5.93. The minimum atomic E-state index is -0.277. The molecule has 3 heteroatoms. The number of hydrogen-bond acceptors (Lipinski definition) is 3. The van der Waals surface area contributed by atoms with Crippen molar-refractivity contribution in [3.8, 4) is 5.75 Å². The number of rotatable bonds is 4. The summed E-state index contributed by atoms with van der Waals surface area (Å²) >= 11 is 0. The van der Waals surface area contributed by atoms with E-state index in [1.165, 1.54) is 0 Å². The van der Waals surface area contributed by atoms with E-state index >= 15 is 0 Å². The molecule has 92 valence electrons. The van der Waals surface area contributed by atoms with Gasteiger partial charge in [-0.15, -0.1) is 0 Å². The molecule has 0 aliphatic rings. The maximum atomic E-state index is 11.6. The molecule has 0 spiro atoms. The van der Waals surface area contributed by atoms with Gasteiger partial charge in [0.2, 0.25) is 0 Å². The monoisotopic (exact) mass is 234 g/mol. The predicted octanol–water partition coefficient (Wildman–Crippen LogP) is 3.06. The van der Waals surface area contributed by atoms with E-state index in [1.54, 1.807) is 25.1 Å². The van der Waals surface area contributed by atoms with E-state index < -0.39 is 0 Å². The van der Waals surface area contributed by atoms with E-state index in [-0.39, 0.29) is 11.7 Å². The largest absolute Gasteiger partial charge is 0.508 e. The molecule has 0 saturated carbocycles. The Balaban J connectivity index is 2.98. The highest BCUT2D eigenvalue weighted by Crippen LogP contribution is 2.19. The van der Waals surface area contributed by atoms with E-state index in [2.05, 4.69) is 0 Å². The highest BCUT2D eigenvalue weighted by Gasteiger charge is 2.08. The summed E-state index contributed by atoms with van der Waals surface area (Å²) in [5.41, 5.74) is 2.32. The van der Waals surface area contributed by atoms with Gasteiger partial charge in [-0.1, -0.05) is 13.0 Å². The number of carbonyl (C=O) groups excluding carboxylic acids is 1. The maximum absolute atomic E-state index is 11.6. The van der Waals surface area contributed by atoms with Gasteiger partial charge in [0.1, 0.15) is 5.75 Å². The summed E-state index contributed by atoms with van der Waals surface area (Å²) in [6.45, 7) is 5.90. The molecule has 0 aliphatic carbocycles. The lowest BCUT2D eigenvalue weighted by atomic mass is 10.1. The molecule has 0 bridgehead atoms. The molecule has 1 aromatic rings. The van der Waals surface area contributed by atoms with Crippen molar-refractivity contribution in [1.29, 1.82) is 0 Å². The highest BCUT2D eigenvalue weighted by atomic mass is 16.5. The van der Waals surface area contributed by atoms with E-state index in [9.17, 15) is 9.90 Å². The van der Waals surface area contributed by atoms with Crippen molar-refractivity contribution in [1.82, 2.24) is 0 Å². The molecular weight excluding hydrogens is 216 g/mol. The molecule has 0 heterocycles. The number of esters is 1. The van der Waals surface area contributed by atoms with Gasteiger partial charge < -0.3 is 9.84 Å². The standard InChI is InChI=1S/C14H18O3/c1-4-12(14(16)17-5-2)9-11-6-7-13(15)10(3)8-11/h6-9,15H,4-5H2,1-3H3/b12-9+. The fourth-order valence-electron chi connectivity index (χ4n) is 1.50. The van der Waals surface area contributed by atoms with Crippen molar-refractivity contribution < 1.29 is 14.6 Å². The van der Waals surface area contributed by atoms with Gasteiger partial charge in [-0.25, -0.2) is 4.79 Å². The quantitative estimate of drug-likeness (QED) is 0.643. The lowest BCUT2D eigenvalue weighted by Gasteiger charge is -2.05. The van der Waals surface area contributed by atoms with E-state index in [4.69, 9.17) is 4.74 Å². The average Bonchev–Trinajstić information content (AvgIpc) is 2.30. The number of hydrogen-bond donors (Lipinski definition) is 1. The predicted molar refractivity (Wildman–Crippen MR) is 67.7 cm³/mol. The molecule has 0 radical (unpaired) electrons. The lowest BCUT2D eigenvalue weighted by Crippen LogP contribution is -2.06. The van der Waals surface area contributed by atoms with Gasteiger partial charge in [-0.2, -0.15) is 0 Å². The van der Waals surface area contributed by atoms with Crippen LogP contribution in [0.25, 0.3) is 6.08 Å². The third-order valence-corrected chi connectivity index (χ3v) is 2.48. The molecule has 17 heavy (non-hydrogen) atoms. The number of benzene rings is 1. The van der Waals surface area contributed by atoms with Crippen molar-refractivity contribution in [3.63, 3.8) is 0 Å². The van der Waals surface area contributed by atoms with Crippen LogP contribution in [0.2, 0.25) is 0 Å². The van der Waals surface area contributed by atoms with Gasteiger partial charge in [0.05, 0.1) is 6.61 Å². The third kappa shape index (κ3) is 3.63.